The van der Waals surface area contributed by atoms with Gasteiger partial charge in [-0.05, 0) is 38.7 Å². The minimum atomic E-state index is -0.0503. The molecule has 0 aliphatic heterocycles. The van der Waals surface area contributed by atoms with Crippen molar-refractivity contribution in [2.45, 2.75) is 32.2 Å². The van der Waals surface area contributed by atoms with Crippen LogP contribution >= 0.6 is 0 Å². The first-order valence-electron chi connectivity index (χ1n) is 4.75. The second-order valence-corrected chi connectivity index (χ2v) is 4.14. The predicted molar refractivity (Wildman–Crippen MR) is 57.3 cm³/mol. The maximum atomic E-state index is 5.88. The monoisotopic (exact) mass is 176 g/mol. The number of rotatable bonds is 4. The summed E-state index contributed by atoms with van der Waals surface area (Å²) in [4.78, 5) is 0. The van der Waals surface area contributed by atoms with Gasteiger partial charge in [-0.2, -0.15) is 0 Å². The van der Waals surface area contributed by atoms with Crippen LogP contribution in [-0.2, 0) is 0 Å². The molecule has 0 bridgehead atoms. The molecule has 0 unspecified atom stereocenters. The molecule has 0 aromatic heterocycles. The van der Waals surface area contributed by atoms with Gasteiger partial charge in [-0.15, -0.1) is 0 Å². The third-order valence-electron chi connectivity index (χ3n) is 1.97. The van der Waals surface area contributed by atoms with Crippen molar-refractivity contribution in [1.29, 1.82) is 0 Å². The van der Waals surface area contributed by atoms with Crippen molar-refractivity contribution < 1.29 is 0 Å². The van der Waals surface area contributed by atoms with E-state index >= 15 is 0 Å². The average molecular weight is 176 g/mol. The number of hydrogen-bond donors (Lipinski definition) is 1. The summed E-state index contributed by atoms with van der Waals surface area (Å²) in [6.45, 7) is 4.12. The van der Waals surface area contributed by atoms with Crippen LogP contribution in [0.5, 0.6) is 0 Å². The van der Waals surface area contributed by atoms with Gasteiger partial charge in [0.1, 0.15) is 0 Å². The van der Waals surface area contributed by atoms with Crippen LogP contribution in [0, 0.1) is 6.42 Å². The molecule has 0 amide bonds. The van der Waals surface area contributed by atoms with Gasteiger partial charge >= 0.3 is 0 Å². The summed E-state index contributed by atoms with van der Waals surface area (Å²) < 4.78 is 0. The lowest BCUT2D eigenvalue weighted by atomic mass is 9.97. The van der Waals surface area contributed by atoms with Crippen LogP contribution in [-0.4, -0.2) is 5.54 Å². The van der Waals surface area contributed by atoms with E-state index in [4.69, 9.17) is 5.73 Å². The van der Waals surface area contributed by atoms with E-state index in [1.165, 1.54) is 5.56 Å². The Bertz CT molecular complexity index is 233. The highest BCUT2D eigenvalue weighted by Gasteiger charge is 2.09. The molecule has 13 heavy (non-hydrogen) atoms. The van der Waals surface area contributed by atoms with Crippen molar-refractivity contribution in [3.05, 3.63) is 42.3 Å². The Kier molecular flexibility index (Phi) is 3.49. The maximum absolute atomic E-state index is 5.88. The van der Waals surface area contributed by atoms with Gasteiger partial charge in [0.25, 0.3) is 0 Å². The van der Waals surface area contributed by atoms with E-state index in [2.05, 4.69) is 44.5 Å². The van der Waals surface area contributed by atoms with E-state index in [1.54, 1.807) is 0 Å². The lowest BCUT2D eigenvalue weighted by Crippen LogP contribution is -2.31. The molecule has 2 N–H and O–H groups in total. The molecule has 1 heteroatoms. The average Bonchev–Trinajstić information content (AvgIpc) is 2.04. The fraction of sp³-hybridized carbons (Fsp3) is 0.417. The lowest BCUT2D eigenvalue weighted by molar-refractivity contribution is 0.476. The Morgan fingerprint density at radius 1 is 1.23 bits per heavy atom. The summed E-state index contributed by atoms with van der Waals surface area (Å²) in [7, 11) is 0. The van der Waals surface area contributed by atoms with Crippen LogP contribution in [0.1, 0.15) is 32.3 Å². The van der Waals surface area contributed by atoms with Crippen LogP contribution in [0.2, 0.25) is 0 Å². The molecule has 0 atom stereocenters. The molecular weight excluding hydrogens is 158 g/mol. The fourth-order valence-electron chi connectivity index (χ4n) is 1.20. The standard InChI is InChI=1S/C12H18N/c1-12(2,13)10-6-9-11-7-4-3-5-8-11/h3-5,7-9H,6,10,13H2,1-2H3. The topological polar surface area (TPSA) is 26.0 Å². The summed E-state index contributed by atoms with van der Waals surface area (Å²) in [6, 6.07) is 10.4. The minimum Gasteiger partial charge on any atom is -0.326 e. The highest BCUT2D eigenvalue weighted by atomic mass is 14.7. The van der Waals surface area contributed by atoms with Gasteiger partial charge in [-0.25, -0.2) is 0 Å². The molecule has 1 radical (unpaired) electrons. The number of hydrogen-bond acceptors (Lipinski definition) is 1. The van der Waals surface area contributed by atoms with Gasteiger partial charge in [0.15, 0.2) is 0 Å². The van der Waals surface area contributed by atoms with Gasteiger partial charge < -0.3 is 5.73 Å². The molecule has 1 aromatic carbocycles. The molecule has 0 fully saturated rings. The number of benzene rings is 1. The van der Waals surface area contributed by atoms with E-state index in [-0.39, 0.29) is 5.54 Å². The van der Waals surface area contributed by atoms with Crippen molar-refractivity contribution in [1.82, 2.24) is 0 Å². The first-order chi connectivity index (χ1) is 6.08. The summed E-state index contributed by atoms with van der Waals surface area (Å²) >= 11 is 0. The zero-order chi connectivity index (χ0) is 9.73. The Morgan fingerprint density at radius 2 is 1.85 bits per heavy atom. The van der Waals surface area contributed by atoms with Crippen LogP contribution in [0.15, 0.2) is 30.3 Å². The smallest absolute Gasteiger partial charge is 0.00972 e. The summed E-state index contributed by atoms with van der Waals surface area (Å²) in [5.74, 6) is 0. The molecule has 0 spiro atoms. The first kappa shape index (κ1) is 10.3. The van der Waals surface area contributed by atoms with E-state index < -0.39 is 0 Å². The molecule has 0 heterocycles. The predicted octanol–water partition coefficient (Wildman–Crippen LogP) is 2.76. The van der Waals surface area contributed by atoms with Crippen LogP contribution in [0.4, 0.5) is 0 Å². The normalized spacial score (nSPS) is 11.6. The Balaban J connectivity index is 2.29. The fourth-order valence-corrected chi connectivity index (χ4v) is 1.20. The van der Waals surface area contributed by atoms with E-state index in [9.17, 15) is 0 Å². The molecule has 1 rings (SSSR count). The largest absolute Gasteiger partial charge is 0.326 e. The Hall–Kier alpha value is -0.820. The second-order valence-electron chi connectivity index (χ2n) is 4.14. The molecule has 1 aromatic rings. The summed E-state index contributed by atoms with van der Waals surface area (Å²) in [6.07, 6.45) is 4.31. The van der Waals surface area contributed by atoms with Gasteiger partial charge in [-0.1, -0.05) is 30.3 Å². The van der Waals surface area contributed by atoms with Crippen molar-refractivity contribution in [2.24, 2.45) is 5.73 Å². The maximum Gasteiger partial charge on any atom is 0.00972 e. The van der Waals surface area contributed by atoms with Gasteiger partial charge in [0.2, 0.25) is 0 Å². The molecule has 0 aliphatic rings. The van der Waals surface area contributed by atoms with Crippen LogP contribution in [0.25, 0.3) is 0 Å². The summed E-state index contributed by atoms with van der Waals surface area (Å²) in [5.41, 5.74) is 7.11. The zero-order valence-corrected chi connectivity index (χ0v) is 8.46. The molecule has 1 nitrogen and oxygen atoms in total. The molecular formula is C12H18N. The van der Waals surface area contributed by atoms with Crippen molar-refractivity contribution >= 4 is 0 Å². The second kappa shape index (κ2) is 4.43. The molecule has 71 valence electrons. The van der Waals surface area contributed by atoms with Crippen LogP contribution in [0.3, 0.4) is 0 Å². The zero-order valence-electron chi connectivity index (χ0n) is 8.46. The quantitative estimate of drug-likeness (QED) is 0.750. The van der Waals surface area contributed by atoms with E-state index in [0.717, 1.165) is 12.8 Å². The Morgan fingerprint density at radius 3 is 2.38 bits per heavy atom. The third-order valence-corrected chi connectivity index (χ3v) is 1.97. The van der Waals surface area contributed by atoms with Gasteiger partial charge in [0.05, 0.1) is 0 Å². The molecule has 0 saturated carbocycles. The Labute approximate surface area is 81.0 Å². The highest BCUT2D eigenvalue weighted by molar-refractivity contribution is 5.22. The minimum absolute atomic E-state index is 0.0503. The third kappa shape index (κ3) is 4.69. The SMILES string of the molecule is CC(C)(N)CC[CH]c1ccccc1. The molecule has 0 saturated heterocycles. The highest BCUT2D eigenvalue weighted by Crippen LogP contribution is 2.12. The lowest BCUT2D eigenvalue weighted by Gasteiger charge is -2.17. The molecule has 0 aliphatic carbocycles. The first-order valence-corrected chi connectivity index (χ1v) is 4.75. The van der Waals surface area contributed by atoms with E-state index in [1.807, 2.05) is 6.07 Å². The van der Waals surface area contributed by atoms with Gasteiger partial charge in [0, 0.05) is 5.54 Å². The van der Waals surface area contributed by atoms with Crippen molar-refractivity contribution in [3.8, 4) is 0 Å². The van der Waals surface area contributed by atoms with E-state index in [0.29, 0.717) is 0 Å². The van der Waals surface area contributed by atoms with Crippen LogP contribution < -0.4 is 5.73 Å². The van der Waals surface area contributed by atoms with Crippen molar-refractivity contribution in [2.75, 3.05) is 0 Å². The summed E-state index contributed by atoms with van der Waals surface area (Å²) in [5, 5.41) is 0. The number of nitrogens with two attached hydrogens (primary N) is 1. The van der Waals surface area contributed by atoms with Crippen molar-refractivity contribution in [3.63, 3.8) is 0 Å². The van der Waals surface area contributed by atoms with Gasteiger partial charge in [-0.3, -0.25) is 0 Å².